The molecule has 0 atom stereocenters. The van der Waals surface area contributed by atoms with Crippen LogP contribution in [0.25, 0.3) is 0 Å². The van der Waals surface area contributed by atoms with Crippen molar-refractivity contribution in [2.45, 2.75) is 39.9 Å². The Morgan fingerprint density at radius 3 is 1.12 bits per heavy atom. The van der Waals surface area contributed by atoms with E-state index in [1.54, 1.807) is 27.7 Å². The fourth-order valence-electron chi connectivity index (χ4n) is 0.528. The van der Waals surface area contributed by atoms with Gasteiger partial charge in [-0.3, -0.25) is 13.6 Å². The van der Waals surface area contributed by atoms with Crippen molar-refractivity contribution in [3.63, 3.8) is 0 Å². The smallest absolute Gasteiger partial charge is 0.294 e. The molecule has 0 aliphatic rings. The monoisotopic (exact) mass is 352 g/mol. The zero-order chi connectivity index (χ0) is 13.6. The Labute approximate surface area is 115 Å². The molecule has 0 saturated carbocycles. The third-order valence-electron chi connectivity index (χ3n) is 0.673. The summed E-state index contributed by atoms with van der Waals surface area (Å²) in [6.45, 7) is 3.66. The van der Waals surface area contributed by atoms with Crippen LogP contribution in [0.15, 0.2) is 0 Å². The second-order valence-electron chi connectivity index (χ2n) is 3.14. The summed E-state index contributed by atoms with van der Waals surface area (Å²) < 4.78 is 30.4. The van der Waals surface area contributed by atoms with Crippen molar-refractivity contribution in [1.29, 1.82) is 0 Å². The van der Waals surface area contributed by atoms with E-state index in [1.165, 1.54) is 0 Å². The summed E-state index contributed by atoms with van der Waals surface area (Å²) in [4.78, 5) is 0. The third-order valence-corrected chi connectivity index (χ3v) is 2.50. The Balaban J connectivity index is 0. The molecule has 0 N–H and O–H groups in total. The van der Waals surface area contributed by atoms with Crippen molar-refractivity contribution in [2.24, 2.45) is 0 Å². The van der Waals surface area contributed by atoms with Gasteiger partial charge >= 0.3 is 12.1 Å². The lowest BCUT2D eigenvalue weighted by molar-refractivity contribution is 0.154. The molecule has 0 rings (SSSR count). The van der Waals surface area contributed by atoms with Gasteiger partial charge in [0.15, 0.2) is 0 Å². The van der Waals surface area contributed by atoms with Crippen molar-refractivity contribution in [3.05, 3.63) is 0 Å². The maximum atomic E-state index is 11.2. The van der Waals surface area contributed by atoms with E-state index >= 15 is 0 Å². The molecule has 16 heavy (non-hydrogen) atoms. The number of rotatable bonds is 4. The highest BCUT2D eigenvalue weighted by Crippen LogP contribution is 2.61. The maximum absolute atomic E-state index is 11.2. The standard InChI is InChI=1S/C6H14ClO3P.Cl3OP/c1-5(2)9-11(7,8)10-6(3)4;1-5(2,3)4/h5-6H,1-4H3;. The molecule has 0 aliphatic carbocycles. The molecule has 0 aromatic carbocycles. The summed E-state index contributed by atoms with van der Waals surface area (Å²) >= 11 is 19.3. The summed E-state index contributed by atoms with van der Waals surface area (Å²) in [5.74, 6) is 0. The highest BCUT2D eigenvalue weighted by molar-refractivity contribution is 8.24. The van der Waals surface area contributed by atoms with E-state index in [-0.39, 0.29) is 12.2 Å². The van der Waals surface area contributed by atoms with Gasteiger partial charge in [-0.25, -0.2) is 4.57 Å². The maximum Gasteiger partial charge on any atom is 0.424 e. The zero-order valence-electron chi connectivity index (χ0n) is 9.19. The van der Waals surface area contributed by atoms with Gasteiger partial charge < -0.3 is 0 Å². The van der Waals surface area contributed by atoms with E-state index in [4.69, 9.17) is 20.3 Å². The Morgan fingerprint density at radius 2 is 1.00 bits per heavy atom. The molecule has 0 aromatic rings. The van der Waals surface area contributed by atoms with Crippen LogP contribution in [0.4, 0.5) is 0 Å². The average molecular weight is 354 g/mol. The van der Waals surface area contributed by atoms with Gasteiger partial charge in [-0.15, -0.1) is 0 Å². The van der Waals surface area contributed by atoms with Gasteiger partial charge in [-0.1, -0.05) is 0 Å². The predicted octanol–water partition coefficient (Wildman–Crippen LogP) is 5.99. The minimum absolute atomic E-state index is 0.183. The first kappa shape index (κ1) is 19.9. The normalized spacial score (nSPS) is 12.6. The van der Waals surface area contributed by atoms with Crippen LogP contribution in [0, 0.1) is 0 Å². The molecular formula is C6H14Cl4O4P2. The SMILES string of the molecule is CC(C)OP(=O)(Cl)OC(C)C.O=P(Cl)(Cl)Cl. The van der Waals surface area contributed by atoms with Crippen molar-refractivity contribution in [1.82, 2.24) is 0 Å². The van der Waals surface area contributed by atoms with E-state index in [2.05, 4.69) is 33.7 Å². The van der Waals surface area contributed by atoms with Crippen LogP contribution >= 0.6 is 57.1 Å². The van der Waals surface area contributed by atoms with Crippen molar-refractivity contribution in [2.75, 3.05) is 0 Å². The van der Waals surface area contributed by atoms with E-state index in [9.17, 15) is 9.13 Å². The molecule has 0 spiro atoms. The lowest BCUT2D eigenvalue weighted by Gasteiger charge is -2.15. The first-order chi connectivity index (χ1) is 6.83. The molecule has 0 amide bonds. The Kier molecular flexibility index (Phi) is 10.7. The van der Waals surface area contributed by atoms with Crippen LogP contribution in [-0.2, 0) is 18.2 Å². The fraction of sp³-hybridized carbons (Fsp3) is 1.00. The van der Waals surface area contributed by atoms with Gasteiger partial charge in [0.05, 0.1) is 12.2 Å². The minimum Gasteiger partial charge on any atom is -0.294 e. The van der Waals surface area contributed by atoms with E-state index < -0.39 is 12.1 Å². The van der Waals surface area contributed by atoms with Crippen molar-refractivity contribution < 1.29 is 18.2 Å². The molecule has 0 aliphatic heterocycles. The Hall–Kier alpha value is 1.54. The van der Waals surface area contributed by atoms with Crippen LogP contribution in [0.3, 0.4) is 0 Å². The number of hydrogen-bond donors (Lipinski definition) is 0. The minimum atomic E-state index is -3.33. The molecule has 100 valence electrons. The van der Waals surface area contributed by atoms with Gasteiger partial charge in [0.1, 0.15) is 0 Å². The van der Waals surface area contributed by atoms with E-state index in [1.807, 2.05) is 0 Å². The Morgan fingerprint density at radius 1 is 0.812 bits per heavy atom. The second kappa shape index (κ2) is 8.61. The van der Waals surface area contributed by atoms with E-state index in [0.29, 0.717) is 0 Å². The molecule has 0 radical (unpaired) electrons. The molecule has 0 bridgehead atoms. The van der Waals surface area contributed by atoms with Crippen LogP contribution in [0.2, 0.25) is 0 Å². The van der Waals surface area contributed by atoms with Crippen molar-refractivity contribution in [3.8, 4) is 0 Å². The predicted molar refractivity (Wildman–Crippen MR) is 71.1 cm³/mol. The van der Waals surface area contributed by atoms with Crippen LogP contribution < -0.4 is 0 Å². The van der Waals surface area contributed by atoms with Gasteiger partial charge in [0.2, 0.25) is 0 Å². The number of halogens is 4. The summed E-state index contributed by atoms with van der Waals surface area (Å²) in [6, 6.07) is 0. The summed E-state index contributed by atoms with van der Waals surface area (Å²) in [5, 5.41) is -3.22. The lowest BCUT2D eigenvalue weighted by Crippen LogP contribution is -2.04. The highest BCUT2D eigenvalue weighted by atomic mass is 36.0. The summed E-state index contributed by atoms with van der Waals surface area (Å²) in [6.07, 6.45) is -0.367. The molecule has 0 saturated heterocycles. The molecule has 10 heteroatoms. The van der Waals surface area contributed by atoms with Gasteiger partial charge in [-0.2, -0.15) is 0 Å². The largest absolute Gasteiger partial charge is 0.424 e. The van der Waals surface area contributed by atoms with Crippen LogP contribution in [0.1, 0.15) is 27.7 Å². The highest BCUT2D eigenvalue weighted by Gasteiger charge is 2.23. The van der Waals surface area contributed by atoms with Crippen molar-refractivity contribution >= 4 is 57.1 Å². The Bertz CT molecular complexity index is 255. The zero-order valence-corrected chi connectivity index (χ0v) is 14.0. The van der Waals surface area contributed by atoms with Gasteiger partial charge in [0.25, 0.3) is 0 Å². The molecule has 0 unspecified atom stereocenters. The van der Waals surface area contributed by atoms with Gasteiger partial charge in [0, 0.05) is 11.2 Å². The summed E-state index contributed by atoms with van der Waals surface area (Å²) in [5.41, 5.74) is 0. The summed E-state index contributed by atoms with van der Waals surface area (Å²) in [7, 11) is 0. The first-order valence-electron chi connectivity index (χ1n) is 4.19. The molecular weight excluding hydrogens is 340 g/mol. The molecule has 0 fully saturated rings. The van der Waals surface area contributed by atoms with Crippen LogP contribution in [-0.4, -0.2) is 12.2 Å². The third kappa shape index (κ3) is 24.7. The second-order valence-corrected chi connectivity index (χ2v) is 12.3. The van der Waals surface area contributed by atoms with E-state index in [0.717, 1.165) is 0 Å². The van der Waals surface area contributed by atoms with Crippen LogP contribution in [0.5, 0.6) is 0 Å². The average Bonchev–Trinajstić information content (AvgIpc) is 1.72. The molecule has 0 heterocycles. The lowest BCUT2D eigenvalue weighted by atomic mass is 10.5. The van der Waals surface area contributed by atoms with Gasteiger partial charge in [-0.05, 0) is 61.4 Å². The first-order valence-corrected chi connectivity index (χ1v) is 11.1. The number of hydrogen-bond acceptors (Lipinski definition) is 4. The quantitative estimate of drug-likeness (QED) is 0.582. The molecule has 4 nitrogen and oxygen atoms in total. The molecule has 0 aromatic heterocycles. The fourth-order valence-corrected chi connectivity index (χ4v) is 2.54. The topological polar surface area (TPSA) is 52.6 Å².